The van der Waals surface area contributed by atoms with Gasteiger partial charge < -0.3 is 9.26 Å². The van der Waals surface area contributed by atoms with Crippen LogP contribution in [0.25, 0.3) is 0 Å². The molecular formula is C6H7NO3. The Balaban J connectivity index is 2.49. The molecule has 4 heteroatoms. The van der Waals surface area contributed by atoms with Crippen LogP contribution in [0.4, 0.5) is 0 Å². The highest BCUT2D eigenvalue weighted by Gasteiger charge is 1.98. The fourth-order valence-electron chi connectivity index (χ4n) is 0.605. The lowest BCUT2D eigenvalue weighted by atomic mass is 10.4. The van der Waals surface area contributed by atoms with Crippen LogP contribution in [0.1, 0.15) is 11.5 Å². The van der Waals surface area contributed by atoms with Crippen molar-refractivity contribution in [2.75, 3.05) is 0 Å². The highest BCUT2D eigenvalue weighted by Crippen LogP contribution is 2.01. The van der Waals surface area contributed by atoms with Crippen molar-refractivity contribution in [3.05, 3.63) is 17.5 Å². The Hall–Kier alpha value is -1.32. The van der Waals surface area contributed by atoms with Crippen LogP contribution in [-0.4, -0.2) is 11.6 Å². The molecule has 0 spiro atoms. The van der Waals surface area contributed by atoms with Crippen LogP contribution in [0.2, 0.25) is 0 Å². The van der Waals surface area contributed by atoms with Gasteiger partial charge in [-0.15, -0.1) is 0 Å². The van der Waals surface area contributed by atoms with E-state index >= 15 is 0 Å². The molecule has 0 saturated heterocycles. The van der Waals surface area contributed by atoms with E-state index in [9.17, 15) is 4.79 Å². The van der Waals surface area contributed by atoms with E-state index in [1.54, 1.807) is 13.0 Å². The van der Waals surface area contributed by atoms with E-state index in [1.807, 2.05) is 0 Å². The molecule has 0 aromatic carbocycles. The minimum atomic E-state index is 0.181. The minimum Gasteiger partial charge on any atom is -0.461 e. The zero-order valence-corrected chi connectivity index (χ0v) is 5.53. The molecule has 1 aromatic heterocycles. The smallest absolute Gasteiger partial charge is 0.293 e. The van der Waals surface area contributed by atoms with Gasteiger partial charge >= 0.3 is 0 Å². The van der Waals surface area contributed by atoms with Crippen molar-refractivity contribution in [1.82, 2.24) is 5.16 Å². The van der Waals surface area contributed by atoms with Gasteiger partial charge in [-0.25, -0.2) is 0 Å². The monoisotopic (exact) mass is 141 g/mol. The molecule has 10 heavy (non-hydrogen) atoms. The lowest BCUT2D eigenvalue weighted by Gasteiger charge is -1.88. The van der Waals surface area contributed by atoms with Gasteiger partial charge in [-0.3, -0.25) is 4.79 Å². The van der Waals surface area contributed by atoms with Gasteiger partial charge in [-0.2, -0.15) is 0 Å². The molecule has 4 nitrogen and oxygen atoms in total. The highest BCUT2D eigenvalue weighted by molar-refractivity contribution is 5.37. The first-order valence-corrected chi connectivity index (χ1v) is 2.80. The number of hydrogen-bond acceptors (Lipinski definition) is 4. The molecule has 0 amide bonds. The van der Waals surface area contributed by atoms with Crippen molar-refractivity contribution >= 4 is 6.47 Å². The normalized spacial score (nSPS) is 9.30. The maximum absolute atomic E-state index is 9.70. The Bertz CT molecular complexity index is 219. The van der Waals surface area contributed by atoms with Gasteiger partial charge in [0.2, 0.25) is 0 Å². The van der Waals surface area contributed by atoms with Crippen LogP contribution in [0.3, 0.4) is 0 Å². The summed E-state index contributed by atoms with van der Waals surface area (Å²) < 4.78 is 9.15. The van der Waals surface area contributed by atoms with Crippen molar-refractivity contribution in [3.63, 3.8) is 0 Å². The Labute approximate surface area is 57.8 Å². The fourth-order valence-corrected chi connectivity index (χ4v) is 0.605. The van der Waals surface area contributed by atoms with Crippen LogP contribution in [-0.2, 0) is 16.1 Å². The van der Waals surface area contributed by atoms with Crippen molar-refractivity contribution in [2.45, 2.75) is 13.5 Å². The minimum absolute atomic E-state index is 0.181. The first-order valence-electron chi connectivity index (χ1n) is 2.80. The number of carbonyl (C=O) groups excluding carboxylic acids is 1. The number of carbonyl (C=O) groups is 1. The number of nitrogens with zero attached hydrogens (tertiary/aromatic N) is 1. The Morgan fingerprint density at radius 2 is 2.70 bits per heavy atom. The molecule has 0 unspecified atom stereocenters. The Kier molecular flexibility index (Phi) is 2.04. The van der Waals surface area contributed by atoms with Gasteiger partial charge in [0.15, 0.2) is 0 Å². The quantitative estimate of drug-likeness (QED) is 0.580. The van der Waals surface area contributed by atoms with E-state index in [0.29, 0.717) is 17.9 Å². The second kappa shape index (κ2) is 3.00. The van der Waals surface area contributed by atoms with Crippen LogP contribution in [0.15, 0.2) is 10.6 Å². The second-order valence-corrected chi connectivity index (χ2v) is 1.84. The van der Waals surface area contributed by atoms with Crippen LogP contribution >= 0.6 is 0 Å². The first-order chi connectivity index (χ1) is 4.83. The molecule has 0 atom stereocenters. The zero-order valence-electron chi connectivity index (χ0n) is 5.53. The number of aryl methyl sites for hydroxylation is 1. The van der Waals surface area contributed by atoms with Gasteiger partial charge in [0.25, 0.3) is 6.47 Å². The van der Waals surface area contributed by atoms with E-state index in [0.717, 1.165) is 0 Å². The molecule has 54 valence electrons. The maximum Gasteiger partial charge on any atom is 0.293 e. The third-order valence-corrected chi connectivity index (χ3v) is 0.976. The SMILES string of the molecule is Cc1cc(COC=O)no1. The predicted molar refractivity (Wildman–Crippen MR) is 32.1 cm³/mol. The lowest BCUT2D eigenvalue weighted by Crippen LogP contribution is -1.88. The van der Waals surface area contributed by atoms with Gasteiger partial charge in [0.1, 0.15) is 18.1 Å². The number of aromatic nitrogens is 1. The van der Waals surface area contributed by atoms with Gasteiger partial charge in [0, 0.05) is 6.07 Å². The van der Waals surface area contributed by atoms with Crippen LogP contribution in [0, 0.1) is 6.92 Å². The third-order valence-electron chi connectivity index (χ3n) is 0.976. The van der Waals surface area contributed by atoms with Crippen molar-refractivity contribution in [2.24, 2.45) is 0 Å². The molecule has 0 radical (unpaired) electrons. The van der Waals surface area contributed by atoms with Crippen molar-refractivity contribution < 1.29 is 14.1 Å². The van der Waals surface area contributed by atoms with Gasteiger partial charge in [-0.05, 0) is 6.92 Å². The summed E-state index contributed by atoms with van der Waals surface area (Å²) in [6.45, 7) is 2.34. The molecule has 0 fully saturated rings. The summed E-state index contributed by atoms with van der Waals surface area (Å²) in [6, 6.07) is 1.71. The summed E-state index contributed by atoms with van der Waals surface area (Å²) in [5.74, 6) is 0.712. The van der Waals surface area contributed by atoms with Crippen molar-refractivity contribution in [1.29, 1.82) is 0 Å². The summed E-state index contributed by atoms with van der Waals surface area (Å²) >= 11 is 0. The highest BCUT2D eigenvalue weighted by atomic mass is 16.5. The van der Waals surface area contributed by atoms with Crippen LogP contribution < -0.4 is 0 Å². The Morgan fingerprint density at radius 3 is 3.20 bits per heavy atom. The zero-order chi connectivity index (χ0) is 7.40. The molecule has 0 aliphatic heterocycles. The van der Waals surface area contributed by atoms with E-state index in [2.05, 4.69) is 9.89 Å². The molecule has 0 aliphatic carbocycles. The fraction of sp³-hybridized carbons (Fsp3) is 0.333. The topological polar surface area (TPSA) is 52.3 Å². The van der Waals surface area contributed by atoms with E-state index in [-0.39, 0.29) is 6.61 Å². The number of rotatable bonds is 3. The summed E-state index contributed by atoms with van der Waals surface area (Å²) in [5, 5.41) is 3.59. The second-order valence-electron chi connectivity index (χ2n) is 1.84. The average molecular weight is 141 g/mol. The molecule has 0 saturated carbocycles. The lowest BCUT2D eigenvalue weighted by molar-refractivity contribution is -0.129. The summed E-state index contributed by atoms with van der Waals surface area (Å²) in [4.78, 5) is 9.70. The summed E-state index contributed by atoms with van der Waals surface area (Å²) in [5.41, 5.74) is 0.629. The van der Waals surface area contributed by atoms with Crippen molar-refractivity contribution in [3.8, 4) is 0 Å². The number of ether oxygens (including phenoxy) is 1. The third kappa shape index (κ3) is 1.58. The predicted octanol–water partition coefficient (Wildman–Crippen LogP) is 0.656. The largest absolute Gasteiger partial charge is 0.461 e. The molecule has 1 heterocycles. The number of hydrogen-bond donors (Lipinski definition) is 0. The summed E-state index contributed by atoms with van der Waals surface area (Å²) in [6.07, 6.45) is 0. The molecule has 0 N–H and O–H groups in total. The van der Waals surface area contributed by atoms with E-state index in [4.69, 9.17) is 4.52 Å². The maximum atomic E-state index is 9.70. The van der Waals surface area contributed by atoms with E-state index in [1.165, 1.54) is 0 Å². The molecule has 1 rings (SSSR count). The molecule has 1 aromatic rings. The van der Waals surface area contributed by atoms with Crippen LogP contribution in [0.5, 0.6) is 0 Å². The Morgan fingerprint density at radius 1 is 1.90 bits per heavy atom. The first kappa shape index (κ1) is 6.80. The molecular weight excluding hydrogens is 134 g/mol. The molecule has 0 bridgehead atoms. The standard InChI is InChI=1S/C6H7NO3/c1-5-2-6(7-10-5)3-9-4-8/h2,4H,3H2,1H3. The summed E-state index contributed by atoms with van der Waals surface area (Å²) in [7, 11) is 0. The van der Waals surface area contributed by atoms with Gasteiger partial charge in [-0.1, -0.05) is 5.16 Å². The molecule has 0 aliphatic rings. The van der Waals surface area contributed by atoms with E-state index < -0.39 is 0 Å². The average Bonchev–Trinajstić information content (AvgIpc) is 2.31. The van der Waals surface area contributed by atoms with Gasteiger partial charge in [0.05, 0.1) is 0 Å².